The van der Waals surface area contributed by atoms with Gasteiger partial charge in [-0.3, -0.25) is 4.79 Å². The highest BCUT2D eigenvalue weighted by Crippen LogP contribution is 2.29. The van der Waals surface area contributed by atoms with Crippen LogP contribution in [-0.2, 0) is 46.4 Å². The average molecular weight is 430 g/mol. The summed E-state index contributed by atoms with van der Waals surface area (Å²) in [7, 11) is 3.08. The van der Waals surface area contributed by atoms with Crippen molar-refractivity contribution >= 4 is 5.97 Å². The molecule has 0 radical (unpaired) electrons. The lowest BCUT2D eigenvalue weighted by atomic mass is 9.98. The van der Waals surface area contributed by atoms with Crippen LogP contribution in [0.25, 0.3) is 0 Å². The van der Waals surface area contributed by atoms with Crippen LogP contribution >= 0.6 is 0 Å². The number of hydrogen-bond donors (Lipinski definition) is 0. The minimum absolute atomic E-state index is 0.269. The molecule has 0 spiro atoms. The predicted molar refractivity (Wildman–Crippen MR) is 113 cm³/mol. The Morgan fingerprint density at radius 2 is 1.45 bits per heavy atom. The second-order valence-electron chi connectivity index (χ2n) is 7.31. The third kappa shape index (κ3) is 6.59. The fourth-order valence-electron chi connectivity index (χ4n) is 3.63. The molecule has 1 aliphatic heterocycles. The zero-order valence-corrected chi connectivity index (χ0v) is 18.1. The molecule has 7 heteroatoms. The minimum Gasteiger partial charge on any atom is -0.454 e. The van der Waals surface area contributed by atoms with Gasteiger partial charge in [0.05, 0.1) is 19.8 Å². The summed E-state index contributed by atoms with van der Waals surface area (Å²) in [5, 5.41) is 0. The number of hydrogen-bond acceptors (Lipinski definition) is 7. The summed E-state index contributed by atoms with van der Waals surface area (Å²) in [6.45, 7) is 2.39. The Kier molecular flexibility index (Phi) is 8.99. The van der Waals surface area contributed by atoms with E-state index in [1.165, 1.54) is 14.0 Å². The first kappa shape index (κ1) is 23.4. The zero-order chi connectivity index (χ0) is 22.1. The summed E-state index contributed by atoms with van der Waals surface area (Å²) in [5.74, 6) is -0.447. The van der Waals surface area contributed by atoms with Crippen molar-refractivity contribution in [3.63, 3.8) is 0 Å². The molecule has 0 unspecified atom stereocenters. The SMILES string of the molecule is CO[C@@H]1O[C@H](COCc2ccccc2)[C@@H](OC)[C@H](OCc2ccccc2)[C@H]1OC(C)=O. The summed E-state index contributed by atoms with van der Waals surface area (Å²) in [4.78, 5) is 11.7. The topological polar surface area (TPSA) is 72.5 Å². The van der Waals surface area contributed by atoms with Crippen LogP contribution in [0.5, 0.6) is 0 Å². The second-order valence-corrected chi connectivity index (χ2v) is 7.31. The molecule has 0 bridgehead atoms. The van der Waals surface area contributed by atoms with Gasteiger partial charge < -0.3 is 28.4 Å². The van der Waals surface area contributed by atoms with Crippen LogP contribution in [-0.4, -0.2) is 57.5 Å². The number of benzene rings is 2. The molecule has 0 amide bonds. The summed E-state index contributed by atoms with van der Waals surface area (Å²) in [5.41, 5.74) is 2.06. The predicted octanol–water partition coefficient (Wildman–Crippen LogP) is 3.11. The van der Waals surface area contributed by atoms with Crippen LogP contribution in [0.3, 0.4) is 0 Å². The van der Waals surface area contributed by atoms with E-state index in [9.17, 15) is 4.79 Å². The Labute approximate surface area is 183 Å². The monoisotopic (exact) mass is 430 g/mol. The van der Waals surface area contributed by atoms with Gasteiger partial charge >= 0.3 is 5.97 Å². The molecule has 0 N–H and O–H groups in total. The normalized spacial score (nSPS) is 25.8. The molecule has 1 saturated heterocycles. The largest absolute Gasteiger partial charge is 0.454 e. The molecular weight excluding hydrogens is 400 g/mol. The van der Waals surface area contributed by atoms with Crippen molar-refractivity contribution in [1.82, 2.24) is 0 Å². The van der Waals surface area contributed by atoms with Gasteiger partial charge in [0, 0.05) is 21.1 Å². The fraction of sp³-hybridized carbons (Fsp3) is 0.458. The lowest BCUT2D eigenvalue weighted by Crippen LogP contribution is -2.61. The van der Waals surface area contributed by atoms with Crippen LogP contribution < -0.4 is 0 Å². The highest BCUT2D eigenvalue weighted by atomic mass is 16.7. The van der Waals surface area contributed by atoms with E-state index in [0.717, 1.165) is 11.1 Å². The number of carbonyl (C=O) groups excluding carboxylic acids is 1. The third-order valence-electron chi connectivity index (χ3n) is 5.08. The van der Waals surface area contributed by atoms with E-state index in [0.29, 0.717) is 13.2 Å². The Hall–Kier alpha value is -2.29. The van der Waals surface area contributed by atoms with E-state index in [2.05, 4.69) is 0 Å². The van der Waals surface area contributed by atoms with Gasteiger partial charge in [-0.1, -0.05) is 60.7 Å². The molecule has 168 valence electrons. The van der Waals surface area contributed by atoms with Gasteiger partial charge in [-0.2, -0.15) is 0 Å². The van der Waals surface area contributed by atoms with Gasteiger partial charge in [0.25, 0.3) is 0 Å². The standard InChI is InChI=1S/C24H30O7/c1-17(25)30-23-22(29-15-19-12-8-5-9-13-19)21(26-2)20(31-24(23)27-3)16-28-14-18-10-6-4-7-11-18/h4-13,20-24H,14-16H2,1-3H3/t20-,21-,22+,23-,24-/m1/s1. The minimum atomic E-state index is -0.804. The highest BCUT2D eigenvalue weighted by Gasteiger charge is 2.49. The van der Waals surface area contributed by atoms with Crippen LogP contribution in [0.1, 0.15) is 18.1 Å². The molecule has 1 aliphatic rings. The Morgan fingerprint density at radius 3 is 2.00 bits per heavy atom. The number of ether oxygens (including phenoxy) is 6. The van der Waals surface area contributed by atoms with Gasteiger partial charge in [0.1, 0.15) is 18.3 Å². The lowest BCUT2D eigenvalue weighted by Gasteiger charge is -2.44. The Bertz CT molecular complexity index is 783. The fourth-order valence-corrected chi connectivity index (χ4v) is 3.63. The molecule has 2 aromatic carbocycles. The van der Waals surface area contributed by atoms with Crippen LogP contribution in [0, 0.1) is 0 Å². The smallest absolute Gasteiger partial charge is 0.303 e. The van der Waals surface area contributed by atoms with E-state index < -0.39 is 36.7 Å². The molecule has 1 fully saturated rings. The molecule has 0 aromatic heterocycles. The van der Waals surface area contributed by atoms with E-state index in [-0.39, 0.29) is 6.61 Å². The molecule has 5 atom stereocenters. The highest BCUT2D eigenvalue weighted by molar-refractivity contribution is 5.66. The van der Waals surface area contributed by atoms with Crippen LogP contribution in [0.4, 0.5) is 0 Å². The van der Waals surface area contributed by atoms with Gasteiger partial charge in [0.2, 0.25) is 0 Å². The Morgan fingerprint density at radius 1 is 0.839 bits per heavy atom. The van der Waals surface area contributed by atoms with E-state index in [1.807, 2.05) is 60.7 Å². The van der Waals surface area contributed by atoms with Crippen molar-refractivity contribution < 1.29 is 33.2 Å². The number of esters is 1. The molecule has 7 nitrogen and oxygen atoms in total. The maximum atomic E-state index is 11.7. The molecular formula is C24H30O7. The van der Waals surface area contributed by atoms with E-state index in [4.69, 9.17) is 28.4 Å². The zero-order valence-electron chi connectivity index (χ0n) is 18.1. The first-order valence-electron chi connectivity index (χ1n) is 10.3. The summed E-state index contributed by atoms with van der Waals surface area (Å²) >= 11 is 0. The summed E-state index contributed by atoms with van der Waals surface area (Å²) < 4.78 is 34.9. The third-order valence-corrected chi connectivity index (χ3v) is 5.08. The lowest BCUT2D eigenvalue weighted by molar-refractivity contribution is -0.311. The molecule has 0 aliphatic carbocycles. The van der Waals surface area contributed by atoms with E-state index in [1.54, 1.807) is 7.11 Å². The number of carbonyl (C=O) groups is 1. The van der Waals surface area contributed by atoms with Crippen LogP contribution in [0.2, 0.25) is 0 Å². The van der Waals surface area contributed by atoms with Crippen molar-refractivity contribution in [2.24, 2.45) is 0 Å². The van der Waals surface area contributed by atoms with Gasteiger partial charge in [-0.15, -0.1) is 0 Å². The van der Waals surface area contributed by atoms with E-state index >= 15 is 0 Å². The molecule has 31 heavy (non-hydrogen) atoms. The van der Waals surface area contributed by atoms with Crippen molar-refractivity contribution in [3.05, 3.63) is 71.8 Å². The average Bonchev–Trinajstić information content (AvgIpc) is 2.79. The molecule has 0 saturated carbocycles. The van der Waals surface area contributed by atoms with Crippen molar-refractivity contribution in [2.75, 3.05) is 20.8 Å². The van der Waals surface area contributed by atoms with Crippen LogP contribution in [0.15, 0.2) is 60.7 Å². The molecule has 1 heterocycles. The number of methoxy groups -OCH3 is 2. The van der Waals surface area contributed by atoms with Crippen molar-refractivity contribution in [1.29, 1.82) is 0 Å². The Balaban J connectivity index is 1.72. The maximum Gasteiger partial charge on any atom is 0.303 e. The van der Waals surface area contributed by atoms with Crippen molar-refractivity contribution in [3.8, 4) is 0 Å². The maximum absolute atomic E-state index is 11.7. The van der Waals surface area contributed by atoms with Gasteiger partial charge in [-0.25, -0.2) is 0 Å². The van der Waals surface area contributed by atoms with Gasteiger partial charge in [0.15, 0.2) is 12.4 Å². The molecule has 2 aromatic rings. The van der Waals surface area contributed by atoms with Gasteiger partial charge in [-0.05, 0) is 11.1 Å². The quantitative estimate of drug-likeness (QED) is 0.536. The second kappa shape index (κ2) is 11.9. The summed E-state index contributed by atoms with van der Waals surface area (Å²) in [6.07, 6.45) is -3.16. The number of rotatable bonds is 10. The molecule has 3 rings (SSSR count). The first-order valence-corrected chi connectivity index (χ1v) is 10.3. The van der Waals surface area contributed by atoms with Crippen molar-refractivity contribution in [2.45, 2.75) is 50.8 Å². The first-order chi connectivity index (χ1) is 15.1. The summed E-state index contributed by atoms with van der Waals surface area (Å²) in [6, 6.07) is 19.6.